The Morgan fingerprint density at radius 1 is 0.895 bits per heavy atom. The van der Waals surface area contributed by atoms with Gasteiger partial charge in [0.05, 0.1) is 6.61 Å². The summed E-state index contributed by atoms with van der Waals surface area (Å²) in [6.45, 7) is 3.27. The summed E-state index contributed by atoms with van der Waals surface area (Å²) >= 11 is 0. The maximum atomic E-state index is 12.0. The lowest BCUT2D eigenvalue weighted by Crippen LogP contribution is -2.05. The summed E-state index contributed by atoms with van der Waals surface area (Å²) in [7, 11) is 0. The molecule has 0 amide bonds. The van der Waals surface area contributed by atoms with E-state index in [0.29, 0.717) is 38.5 Å². The van der Waals surface area contributed by atoms with E-state index in [1.54, 1.807) is 6.26 Å². The third-order valence-electron chi connectivity index (χ3n) is 6.20. The first-order valence-electron chi connectivity index (χ1n) is 12.8. The molecule has 38 heavy (non-hydrogen) atoms. The Morgan fingerprint density at radius 3 is 2.32 bits per heavy atom. The molecule has 0 aliphatic rings. The molecule has 2 heterocycles. The molecule has 0 fully saturated rings. The van der Waals surface area contributed by atoms with Gasteiger partial charge in [-0.2, -0.15) is 0 Å². The monoisotopic (exact) mass is 506 g/mol. The fourth-order valence-corrected chi connectivity index (χ4v) is 4.34. The van der Waals surface area contributed by atoms with Crippen molar-refractivity contribution in [3.05, 3.63) is 120 Å². The molecule has 6 nitrogen and oxygen atoms in total. The fraction of sp³-hybridized carbons (Fsp3) is 0.188. The average Bonchev–Trinajstić information content (AvgIpc) is 3.60. The molecular formula is C32H30N2O4. The molecule has 0 atom stereocenters. The second kappa shape index (κ2) is 12.1. The van der Waals surface area contributed by atoms with Crippen LogP contribution < -0.4 is 4.74 Å². The Kier molecular flexibility index (Phi) is 7.99. The number of aryl methyl sites for hydroxylation is 1. The minimum Gasteiger partial charge on any atom is -0.487 e. The molecule has 0 bridgehead atoms. The van der Waals surface area contributed by atoms with E-state index in [4.69, 9.17) is 13.9 Å². The molecule has 6 heteroatoms. The van der Waals surface area contributed by atoms with E-state index in [-0.39, 0.29) is 5.97 Å². The van der Waals surface area contributed by atoms with Gasteiger partial charge in [0.25, 0.3) is 0 Å². The van der Waals surface area contributed by atoms with Crippen LogP contribution in [0.1, 0.15) is 30.2 Å². The number of hydrogen-bond donors (Lipinski definition) is 0. The van der Waals surface area contributed by atoms with Crippen molar-refractivity contribution in [3.63, 3.8) is 0 Å². The number of nitrogens with zero attached hydrogens (tertiary/aromatic N) is 2. The van der Waals surface area contributed by atoms with Gasteiger partial charge in [-0.1, -0.05) is 60.7 Å². The highest BCUT2D eigenvalue weighted by Crippen LogP contribution is 2.27. The fourth-order valence-electron chi connectivity index (χ4n) is 4.34. The van der Waals surface area contributed by atoms with Crippen LogP contribution in [0.3, 0.4) is 0 Å². The van der Waals surface area contributed by atoms with Gasteiger partial charge in [0.15, 0.2) is 0 Å². The number of carbonyl (C=O) groups is 1. The van der Waals surface area contributed by atoms with Crippen LogP contribution in [0.15, 0.2) is 108 Å². The van der Waals surface area contributed by atoms with Gasteiger partial charge in [0.2, 0.25) is 5.89 Å². The Bertz CT molecular complexity index is 1450. The maximum Gasteiger partial charge on any atom is 0.306 e. The highest BCUT2D eigenvalue weighted by Gasteiger charge is 2.12. The van der Waals surface area contributed by atoms with E-state index < -0.39 is 0 Å². The minimum atomic E-state index is -0.170. The smallest absolute Gasteiger partial charge is 0.306 e. The summed E-state index contributed by atoms with van der Waals surface area (Å²) in [6.07, 6.45) is 6.90. The van der Waals surface area contributed by atoms with Crippen molar-refractivity contribution in [1.29, 1.82) is 0 Å². The van der Waals surface area contributed by atoms with Gasteiger partial charge in [0, 0.05) is 36.5 Å². The van der Waals surface area contributed by atoms with Gasteiger partial charge in [-0.3, -0.25) is 4.79 Å². The van der Waals surface area contributed by atoms with Crippen LogP contribution in [0, 0.1) is 0 Å². The van der Waals surface area contributed by atoms with Crippen molar-refractivity contribution >= 4 is 5.97 Å². The van der Waals surface area contributed by atoms with Crippen LogP contribution in [0.2, 0.25) is 0 Å². The highest BCUT2D eigenvalue weighted by molar-refractivity contribution is 5.72. The zero-order valence-electron chi connectivity index (χ0n) is 21.4. The van der Waals surface area contributed by atoms with Crippen molar-refractivity contribution in [2.45, 2.75) is 32.9 Å². The van der Waals surface area contributed by atoms with Gasteiger partial charge in [-0.05, 0) is 54.3 Å². The molecule has 5 aromatic rings. The molecule has 0 saturated heterocycles. The molecular weight excluding hydrogens is 476 g/mol. The van der Waals surface area contributed by atoms with Gasteiger partial charge in [-0.25, -0.2) is 4.98 Å². The first kappa shape index (κ1) is 25.1. The quantitative estimate of drug-likeness (QED) is 0.182. The molecule has 0 spiro atoms. The molecule has 5 rings (SSSR count). The lowest BCUT2D eigenvalue weighted by molar-refractivity contribution is -0.143. The highest BCUT2D eigenvalue weighted by atomic mass is 16.5. The largest absolute Gasteiger partial charge is 0.487 e. The molecule has 192 valence electrons. The van der Waals surface area contributed by atoms with Crippen LogP contribution in [0.5, 0.6) is 5.75 Å². The van der Waals surface area contributed by atoms with Crippen molar-refractivity contribution in [3.8, 4) is 28.3 Å². The second-order valence-electron chi connectivity index (χ2n) is 8.98. The van der Waals surface area contributed by atoms with Crippen LogP contribution in [0.4, 0.5) is 0 Å². The zero-order chi connectivity index (χ0) is 26.2. The summed E-state index contributed by atoms with van der Waals surface area (Å²) in [5, 5.41) is 0. The van der Waals surface area contributed by atoms with Gasteiger partial charge in [0.1, 0.15) is 24.3 Å². The Morgan fingerprint density at radius 2 is 1.61 bits per heavy atom. The molecule has 0 aliphatic carbocycles. The molecule has 0 radical (unpaired) electrons. The summed E-state index contributed by atoms with van der Waals surface area (Å²) in [5.41, 5.74) is 6.23. The first-order chi connectivity index (χ1) is 18.7. The summed E-state index contributed by atoms with van der Waals surface area (Å²) < 4.78 is 18.8. The van der Waals surface area contributed by atoms with E-state index in [1.807, 2.05) is 67.6 Å². The number of carbonyl (C=O) groups excluding carboxylic acids is 1. The standard InChI is InChI=1S/C32H30N2O4/c1-2-36-31(35)18-15-27-20-34(21-30(27)25-9-5-3-6-10-25)19-24-13-16-29(17-14-24)37-22-28-23-38-32(33-28)26-11-7-4-8-12-26/h3-14,16-17,20-21,23H,2,15,18-19,22H2,1H3. The van der Waals surface area contributed by atoms with Gasteiger partial charge >= 0.3 is 5.97 Å². The number of aromatic nitrogens is 2. The summed E-state index contributed by atoms with van der Waals surface area (Å²) in [5.74, 6) is 1.19. The van der Waals surface area contributed by atoms with Gasteiger partial charge in [-0.15, -0.1) is 0 Å². The average molecular weight is 507 g/mol. The molecule has 3 aromatic carbocycles. The number of ether oxygens (including phenoxy) is 2. The molecule has 0 aliphatic heterocycles. The molecule has 2 aromatic heterocycles. The van der Waals surface area contributed by atoms with E-state index in [0.717, 1.165) is 39.3 Å². The van der Waals surface area contributed by atoms with E-state index in [1.165, 1.54) is 0 Å². The lowest BCUT2D eigenvalue weighted by atomic mass is 10.0. The van der Waals surface area contributed by atoms with Crippen molar-refractivity contribution < 1.29 is 18.7 Å². The van der Waals surface area contributed by atoms with Crippen LogP contribution in [-0.4, -0.2) is 22.1 Å². The van der Waals surface area contributed by atoms with E-state index in [2.05, 4.69) is 46.2 Å². The van der Waals surface area contributed by atoms with Crippen molar-refractivity contribution in [1.82, 2.24) is 9.55 Å². The Balaban J connectivity index is 1.23. The zero-order valence-corrected chi connectivity index (χ0v) is 21.4. The van der Waals surface area contributed by atoms with E-state index >= 15 is 0 Å². The van der Waals surface area contributed by atoms with Crippen LogP contribution >= 0.6 is 0 Å². The molecule has 0 saturated carbocycles. The number of rotatable bonds is 11. The van der Waals surface area contributed by atoms with Crippen molar-refractivity contribution in [2.75, 3.05) is 6.61 Å². The van der Waals surface area contributed by atoms with Crippen molar-refractivity contribution in [2.24, 2.45) is 0 Å². The predicted octanol–water partition coefficient (Wildman–Crippen LogP) is 6.93. The summed E-state index contributed by atoms with van der Waals surface area (Å²) in [4.78, 5) is 16.5. The molecule has 0 N–H and O–H groups in total. The number of oxazole rings is 1. The number of benzene rings is 3. The molecule has 0 unspecified atom stereocenters. The maximum absolute atomic E-state index is 12.0. The first-order valence-corrected chi connectivity index (χ1v) is 12.8. The summed E-state index contributed by atoms with van der Waals surface area (Å²) in [6, 6.07) is 28.1. The Hall–Kier alpha value is -4.58. The second-order valence-corrected chi connectivity index (χ2v) is 8.98. The normalized spacial score (nSPS) is 10.9. The van der Waals surface area contributed by atoms with Gasteiger partial charge < -0.3 is 18.5 Å². The minimum absolute atomic E-state index is 0.170. The predicted molar refractivity (Wildman–Crippen MR) is 147 cm³/mol. The number of hydrogen-bond acceptors (Lipinski definition) is 5. The topological polar surface area (TPSA) is 66.5 Å². The van der Waals surface area contributed by atoms with Crippen LogP contribution in [0.25, 0.3) is 22.6 Å². The lowest BCUT2D eigenvalue weighted by Gasteiger charge is -2.07. The Labute approximate surface area is 222 Å². The number of esters is 1. The third kappa shape index (κ3) is 6.40. The SMILES string of the molecule is CCOC(=O)CCc1cn(Cc2ccc(OCc3coc(-c4ccccc4)n3)cc2)cc1-c1ccccc1. The van der Waals surface area contributed by atoms with E-state index in [9.17, 15) is 4.79 Å². The van der Waals surface area contributed by atoms with Crippen LogP contribution in [-0.2, 0) is 29.1 Å². The third-order valence-corrected chi connectivity index (χ3v) is 6.20.